The second-order valence-corrected chi connectivity index (χ2v) is 8.85. The van der Waals surface area contributed by atoms with E-state index in [1.54, 1.807) is 28.6 Å². The van der Waals surface area contributed by atoms with Gasteiger partial charge in [-0.1, -0.05) is 30.3 Å². The van der Waals surface area contributed by atoms with E-state index in [2.05, 4.69) is 17.1 Å². The Bertz CT molecular complexity index is 1000. The molecule has 0 bridgehead atoms. The summed E-state index contributed by atoms with van der Waals surface area (Å²) in [6.45, 7) is 1.08. The first-order valence-electron chi connectivity index (χ1n) is 8.88. The number of rotatable bonds is 4. The fourth-order valence-corrected chi connectivity index (χ4v) is 5.15. The van der Waals surface area contributed by atoms with Crippen molar-refractivity contribution in [2.75, 3.05) is 13.1 Å². The molecule has 2 heterocycles. The largest absolute Gasteiger partial charge is 0.508 e. The highest BCUT2D eigenvalue weighted by Crippen LogP contribution is 2.28. The molecule has 1 aliphatic rings. The zero-order chi connectivity index (χ0) is 18.1. The van der Waals surface area contributed by atoms with E-state index < -0.39 is 10.0 Å². The second-order valence-electron chi connectivity index (χ2n) is 6.94. The monoisotopic (exact) mass is 370 g/mol. The maximum Gasteiger partial charge on any atom is 0.258 e. The number of nitrogens with one attached hydrogen (secondary N) is 1. The number of phenolic OH excluding ortho intramolecular Hbond substituents is 1. The second kappa shape index (κ2) is 6.78. The Morgan fingerprint density at radius 2 is 1.77 bits per heavy atom. The molecule has 0 amide bonds. The van der Waals surface area contributed by atoms with Gasteiger partial charge in [-0.2, -0.15) is 4.31 Å². The average Bonchev–Trinajstić information content (AvgIpc) is 3.07. The van der Waals surface area contributed by atoms with Crippen LogP contribution in [0.1, 0.15) is 18.4 Å². The number of hydrogen-bond acceptors (Lipinski definition) is 3. The van der Waals surface area contributed by atoms with Gasteiger partial charge in [0.2, 0.25) is 0 Å². The molecular formula is C20H22N2O3S. The van der Waals surface area contributed by atoms with E-state index in [4.69, 9.17) is 0 Å². The van der Waals surface area contributed by atoms with Gasteiger partial charge in [-0.05, 0) is 48.9 Å². The Morgan fingerprint density at radius 1 is 1.04 bits per heavy atom. The summed E-state index contributed by atoms with van der Waals surface area (Å²) in [5.41, 5.74) is 1.94. The van der Waals surface area contributed by atoms with E-state index in [9.17, 15) is 13.5 Å². The lowest BCUT2D eigenvalue weighted by molar-refractivity contribution is 0.272. The quantitative estimate of drug-likeness (QED) is 0.738. The van der Waals surface area contributed by atoms with Gasteiger partial charge >= 0.3 is 0 Å². The minimum atomic E-state index is -3.54. The first-order chi connectivity index (χ1) is 12.5. The smallest absolute Gasteiger partial charge is 0.258 e. The van der Waals surface area contributed by atoms with Gasteiger partial charge in [0, 0.05) is 24.5 Å². The molecule has 6 heteroatoms. The molecule has 26 heavy (non-hydrogen) atoms. The van der Waals surface area contributed by atoms with E-state index >= 15 is 0 Å². The highest BCUT2D eigenvalue weighted by molar-refractivity contribution is 7.89. The zero-order valence-corrected chi connectivity index (χ0v) is 15.2. The molecule has 0 saturated carbocycles. The van der Waals surface area contributed by atoms with Crippen LogP contribution in [0.3, 0.4) is 0 Å². The lowest BCUT2D eigenvalue weighted by Crippen LogP contribution is -2.39. The number of aromatic amines is 1. The number of phenols is 1. The Labute approximate surface area is 153 Å². The van der Waals surface area contributed by atoms with E-state index in [-0.39, 0.29) is 10.8 Å². The third-order valence-electron chi connectivity index (χ3n) is 5.14. The van der Waals surface area contributed by atoms with Crippen molar-refractivity contribution in [2.24, 2.45) is 5.92 Å². The number of H-pyrrole nitrogens is 1. The third-order valence-corrected chi connectivity index (χ3v) is 6.96. The van der Waals surface area contributed by atoms with Crippen LogP contribution < -0.4 is 0 Å². The summed E-state index contributed by atoms with van der Waals surface area (Å²) in [6.07, 6.45) is 2.74. The highest BCUT2D eigenvalue weighted by Gasteiger charge is 2.30. The van der Waals surface area contributed by atoms with Gasteiger partial charge in [0.25, 0.3) is 10.0 Å². The predicted octanol–water partition coefficient (Wildman–Crippen LogP) is 3.52. The van der Waals surface area contributed by atoms with Crippen LogP contribution in [0.5, 0.6) is 5.75 Å². The van der Waals surface area contributed by atoms with Gasteiger partial charge in [-0.25, -0.2) is 8.42 Å². The number of aromatic hydroxyl groups is 1. The van der Waals surface area contributed by atoms with Crippen molar-refractivity contribution in [2.45, 2.75) is 24.3 Å². The van der Waals surface area contributed by atoms with Crippen molar-refractivity contribution in [1.29, 1.82) is 0 Å². The first kappa shape index (κ1) is 17.1. The fourth-order valence-electron chi connectivity index (χ4n) is 3.67. The van der Waals surface area contributed by atoms with Crippen LogP contribution in [0.2, 0.25) is 0 Å². The molecule has 1 aromatic heterocycles. The first-order valence-corrected chi connectivity index (χ1v) is 10.3. The number of piperidine rings is 1. The lowest BCUT2D eigenvalue weighted by atomic mass is 9.91. The topological polar surface area (TPSA) is 73.4 Å². The number of aromatic nitrogens is 1. The van der Waals surface area contributed by atoms with Gasteiger partial charge in [-0.15, -0.1) is 0 Å². The Balaban J connectivity index is 1.47. The molecule has 2 N–H and O–H groups in total. The van der Waals surface area contributed by atoms with Crippen molar-refractivity contribution >= 4 is 20.9 Å². The molecule has 1 saturated heterocycles. The Morgan fingerprint density at radius 3 is 2.50 bits per heavy atom. The Hall–Kier alpha value is -2.31. The summed E-state index contributed by atoms with van der Waals surface area (Å²) in [7, 11) is -3.54. The lowest BCUT2D eigenvalue weighted by Gasteiger charge is -2.30. The SMILES string of the molecule is O=S(=O)(c1cc2ccc(O)cc2[nH]1)N1CCC(Cc2ccccc2)CC1. The average molecular weight is 370 g/mol. The van der Waals surface area contributed by atoms with Gasteiger partial charge in [0.1, 0.15) is 10.8 Å². The van der Waals surface area contributed by atoms with Crippen LogP contribution in [0.15, 0.2) is 59.6 Å². The standard InChI is InChI=1S/C20H22N2O3S/c23-18-7-6-17-13-20(21-19(17)14-18)26(24,25)22-10-8-16(9-11-22)12-15-4-2-1-3-5-15/h1-7,13-14,16,21,23H,8-12H2. The van der Waals surface area contributed by atoms with Crippen LogP contribution in [-0.4, -0.2) is 35.9 Å². The van der Waals surface area contributed by atoms with E-state index in [1.807, 2.05) is 18.2 Å². The van der Waals surface area contributed by atoms with E-state index in [1.165, 1.54) is 5.56 Å². The zero-order valence-electron chi connectivity index (χ0n) is 14.4. The molecule has 0 radical (unpaired) electrons. The molecule has 1 aliphatic heterocycles. The maximum absolute atomic E-state index is 12.9. The van der Waals surface area contributed by atoms with Gasteiger partial charge < -0.3 is 10.1 Å². The summed E-state index contributed by atoms with van der Waals surface area (Å²) in [4.78, 5) is 2.94. The third kappa shape index (κ3) is 3.34. The minimum Gasteiger partial charge on any atom is -0.508 e. The number of benzene rings is 2. The molecule has 4 rings (SSSR count). The number of fused-ring (bicyclic) bond motifs is 1. The van der Waals surface area contributed by atoms with Gasteiger partial charge in [0.15, 0.2) is 0 Å². The van der Waals surface area contributed by atoms with E-state index in [0.29, 0.717) is 24.5 Å². The number of sulfonamides is 1. The molecular weight excluding hydrogens is 348 g/mol. The van der Waals surface area contributed by atoms with Crippen LogP contribution in [0, 0.1) is 5.92 Å². The number of nitrogens with zero attached hydrogens (tertiary/aromatic N) is 1. The highest BCUT2D eigenvalue weighted by atomic mass is 32.2. The van der Waals surface area contributed by atoms with Crippen molar-refractivity contribution in [1.82, 2.24) is 9.29 Å². The molecule has 0 spiro atoms. The van der Waals surface area contributed by atoms with Crippen molar-refractivity contribution in [3.8, 4) is 5.75 Å². The summed E-state index contributed by atoms with van der Waals surface area (Å²) < 4.78 is 27.4. The predicted molar refractivity (Wildman–Crippen MR) is 102 cm³/mol. The van der Waals surface area contributed by atoms with Crippen LogP contribution in [0.25, 0.3) is 10.9 Å². The van der Waals surface area contributed by atoms with Gasteiger partial charge in [-0.3, -0.25) is 0 Å². The van der Waals surface area contributed by atoms with Crippen molar-refractivity contribution in [3.05, 3.63) is 60.2 Å². The van der Waals surface area contributed by atoms with Crippen LogP contribution in [0.4, 0.5) is 0 Å². The molecule has 0 unspecified atom stereocenters. The molecule has 3 aromatic rings. The summed E-state index contributed by atoms with van der Waals surface area (Å²) in [5.74, 6) is 0.633. The summed E-state index contributed by atoms with van der Waals surface area (Å²) in [6, 6.07) is 16.8. The molecule has 5 nitrogen and oxygen atoms in total. The molecule has 1 fully saturated rings. The Kier molecular flexibility index (Phi) is 4.46. The molecule has 2 aromatic carbocycles. The van der Waals surface area contributed by atoms with Crippen LogP contribution >= 0.6 is 0 Å². The van der Waals surface area contributed by atoms with Crippen LogP contribution in [-0.2, 0) is 16.4 Å². The number of hydrogen-bond donors (Lipinski definition) is 2. The molecule has 0 aliphatic carbocycles. The molecule has 136 valence electrons. The normalized spacial score (nSPS) is 16.9. The molecule has 0 atom stereocenters. The maximum atomic E-state index is 12.9. The summed E-state index contributed by atoms with van der Waals surface area (Å²) in [5, 5.41) is 10.5. The summed E-state index contributed by atoms with van der Waals surface area (Å²) >= 11 is 0. The van der Waals surface area contributed by atoms with Gasteiger partial charge in [0.05, 0.1) is 5.52 Å². The fraction of sp³-hybridized carbons (Fsp3) is 0.300. The van der Waals surface area contributed by atoms with Crippen molar-refractivity contribution < 1.29 is 13.5 Å². The minimum absolute atomic E-state index is 0.116. The van der Waals surface area contributed by atoms with E-state index in [0.717, 1.165) is 24.6 Å². The van der Waals surface area contributed by atoms with Crippen molar-refractivity contribution in [3.63, 3.8) is 0 Å².